The number of anilines is 4. The Balaban J connectivity index is 1.55. The van der Waals surface area contributed by atoms with Gasteiger partial charge in [0.1, 0.15) is 5.69 Å². The number of carbonyl (C=O) groups excluding carboxylic acids is 1. The van der Waals surface area contributed by atoms with Crippen LogP contribution in [-0.2, 0) is 4.79 Å². The number of likely N-dealkylation sites (N-methyl/N-ethyl adjacent to an activating group) is 1. The van der Waals surface area contributed by atoms with Gasteiger partial charge in [0.2, 0.25) is 11.9 Å². The molecule has 208 valence electrons. The monoisotopic (exact) mass is 549 g/mol. The van der Waals surface area contributed by atoms with Crippen molar-refractivity contribution in [1.82, 2.24) is 20.0 Å². The van der Waals surface area contributed by atoms with Crippen LogP contribution in [0.4, 0.5) is 31.8 Å². The maximum atomic E-state index is 13.6. The second-order valence-electron chi connectivity index (χ2n) is 9.61. The Morgan fingerprint density at radius 2 is 2.10 bits per heavy atom. The maximum Gasteiger partial charge on any atom is 0.387 e. The maximum absolute atomic E-state index is 13.6. The molecule has 5 rings (SSSR count). The molecule has 0 unspecified atom stereocenters. The Morgan fingerprint density at radius 1 is 1.27 bits per heavy atom. The Bertz CT molecular complexity index is 1530. The van der Waals surface area contributed by atoms with Gasteiger partial charge < -0.3 is 29.7 Å². The molecule has 1 fully saturated rings. The lowest BCUT2D eigenvalue weighted by atomic mass is 10.1. The van der Waals surface area contributed by atoms with E-state index in [1.165, 1.54) is 12.3 Å². The molecule has 10 nitrogen and oxygen atoms in total. The predicted molar refractivity (Wildman–Crippen MR) is 149 cm³/mol. The minimum absolute atomic E-state index is 0.113. The second kappa shape index (κ2) is 11.7. The molecule has 40 heavy (non-hydrogen) atoms. The van der Waals surface area contributed by atoms with E-state index in [0.29, 0.717) is 34.9 Å². The summed E-state index contributed by atoms with van der Waals surface area (Å²) in [5.41, 5.74) is 2.72. The zero-order valence-electron chi connectivity index (χ0n) is 22.1. The van der Waals surface area contributed by atoms with E-state index in [4.69, 9.17) is 9.26 Å². The number of aromatic nitrogens is 3. The SMILES string of the molecule is C=CC(=O)Nc1cc(Nc2nccc(-c3noc4ccccc34)n2)c(OC(F)F)cc1N1CCC[C@H]1CN(C)C. The van der Waals surface area contributed by atoms with Crippen LogP contribution in [0.25, 0.3) is 22.4 Å². The van der Waals surface area contributed by atoms with Crippen molar-refractivity contribution in [2.45, 2.75) is 25.5 Å². The molecule has 1 atom stereocenters. The Morgan fingerprint density at radius 3 is 2.88 bits per heavy atom. The van der Waals surface area contributed by atoms with Gasteiger partial charge in [0.05, 0.1) is 28.1 Å². The first-order chi connectivity index (χ1) is 19.3. The third kappa shape index (κ3) is 5.86. The highest BCUT2D eigenvalue weighted by Crippen LogP contribution is 2.41. The number of hydrogen-bond acceptors (Lipinski definition) is 9. The molecule has 0 radical (unpaired) electrons. The number of benzene rings is 2. The number of fused-ring (bicyclic) bond motifs is 1. The second-order valence-corrected chi connectivity index (χ2v) is 9.61. The van der Waals surface area contributed by atoms with Crippen LogP contribution < -0.4 is 20.3 Å². The first-order valence-corrected chi connectivity index (χ1v) is 12.7. The van der Waals surface area contributed by atoms with Gasteiger partial charge in [-0.2, -0.15) is 8.78 Å². The third-order valence-electron chi connectivity index (χ3n) is 6.54. The largest absolute Gasteiger partial charge is 0.433 e. The van der Waals surface area contributed by atoms with Gasteiger partial charge in [0.25, 0.3) is 0 Å². The number of para-hydroxylation sites is 1. The fourth-order valence-corrected chi connectivity index (χ4v) is 4.89. The first kappa shape index (κ1) is 27.0. The summed E-state index contributed by atoms with van der Waals surface area (Å²) < 4.78 is 37.4. The van der Waals surface area contributed by atoms with E-state index in [1.54, 1.807) is 18.2 Å². The molecule has 0 spiro atoms. The van der Waals surface area contributed by atoms with E-state index >= 15 is 0 Å². The van der Waals surface area contributed by atoms with Crippen molar-refractivity contribution in [3.63, 3.8) is 0 Å². The van der Waals surface area contributed by atoms with E-state index in [1.807, 2.05) is 32.3 Å². The topological polar surface area (TPSA) is 109 Å². The highest BCUT2D eigenvalue weighted by molar-refractivity contribution is 6.02. The van der Waals surface area contributed by atoms with Crippen molar-refractivity contribution < 1.29 is 22.8 Å². The molecule has 3 heterocycles. The number of nitrogens with zero attached hydrogens (tertiary/aromatic N) is 5. The van der Waals surface area contributed by atoms with Crippen molar-refractivity contribution in [2.24, 2.45) is 0 Å². The van der Waals surface area contributed by atoms with Crippen molar-refractivity contribution in [3.05, 3.63) is 61.3 Å². The zero-order valence-corrected chi connectivity index (χ0v) is 22.1. The minimum atomic E-state index is -3.08. The zero-order chi connectivity index (χ0) is 28.2. The van der Waals surface area contributed by atoms with Crippen molar-refractivity contribution in [3.8, 4) is 17.1 Å². The summed E-state index contributed by atoms with van der Waals surface area (Å²) in [6.07, 6.45) is 4.52. The summed E-state index contributed by atoms with van der Waals surface area (Å²) in [5.74, 6) is -0.434. The van der Waals surface area contributed by atoms with Crippen molar-refractivity contribution >= 4 is 39.9 Å². The fourth-order valence-electron chi connectivity index (χ4n) is 4.89. The number of ether oxygens (including phenoxy) is 1. The van der Waals surface area contributed by atoms with Crippen LogP contribution in [0.15, 0.2) is 65.8 Å². The lowest BCUT2D eigenvalue weighted by Crippen LogP contribution is -2.38. The van der Waals surface area contributed by atoms with E-state index in [2.05, 4.69) is 42.1 Å². The summed E-state index contributed by atoms with van der Waals surface area (Å²) in [6.45, 7) is 1.92. The number of hydrogen-bond donors (Lipinski definition) is 2. The van der Waals surface area contributed by atoms with Crippen LogP contribution in [0.1, 0.15) is 12.8 Å². The number of amides is 1. The highest BCUT2D eigenvalue weighted by atomic mass is 19.3. The standard InChI is InChI=1S/C28H29F2N7O3/c1-4-25(38)32-20-14-21(24(39-27(29)30)15-22(20)37-13-7-8-17(37)16-36(2)3)34-28-31-12-11-19(33-28)26-18-9-5-6-10-23(18)40-35-26/h4-6,9-12,14-15,17,27H,1,7-8,13,16H2,2-3H3,(H,32,38)(H,31,33,34)/t17-/m0/s1. The molecule has 2 aromatic heterocycles. The molecule has 1 aliphatic rings. The smallest absolute Gasteiger partial charge is 0.387 e. The molecule has 0 saturated carbocycles. The van der Waals surface area contributed by atoms with Crippen LogP contribution in [0.5, 0.6) is 5.75 Å². The average Bonchev–Trinajstić information content (AvgIpc) is 3.56. The first-order valence-electron chi connectivity index (χ1n) is 12.7. The number of halogens is 2. The molecule has 12 heteroatoms. The molecule has 1 amide bonds. The molecule has 2 aromatic carbocycles. The van der Waals surface area contributed by atoms with Crippen molar-refractivity contribution in [2.75, 3.05) is 42.7 Å². The number of rotatable bonds is 10. The number of carbonyl (C=O) groups is 1. The van der Waals surface area contributed by atoms with Gasteiger partial charge in [0.15, 0.2) is 11.3 Å². The van der Waals surface area contributed by atoms with Crippen LogP contribution in [0, 0.1) is 0 Å². The van der Waals surface area contributed by atoms with Gasteiger partial charge in [-0.1, -0.05) is 23.9 Å². The lowest BCUT2D eigenvalue weighted by Gasteiger charge is -2.31. The lowest BCUT2D eigenvalue weighted by molar-refractivity contribution is -0.111. The summed E-state index contributed by atoms with van der Waals surface area (Å²) in [6, 6.07) is 12.2. The Labute approximate surface area is 229 Å². The van der Waals surface area contributed by atoms with Gasteiger partial charge >= 0.3 is 6.61 Å². The average molecular weight is 550 g/mol. The molecule has 1 aliphatic heterocycles. The van der Waals surface area contributed by atoms with Gasteiger partial charge in [-0.25, -0.2) is 9.97 Å². The van der Waals surface area contributed by atoms with Gasteiger partial charge in [-0.05, 0) is 57.3 Å². The normalized spacial score (nSPS) is 15.2. The van der Waals surface area contributed by atoms with E-state index < -0.39 is 12.5 Å². The molecule has 0 aliphatic carbocycles. The summed E-state index contributed by atoms with van der Waals surface area (Å²) >= 11 is 0. The van der Waals surface area contributed by atoms with Crippen LogP contribution in [0.2, 0.25) is 0 Å². The Hall–Kier alpha value is -4.58. The van der Waals surface area contributed by atoms with Crippen molar-refractivity contribution in [1.29, 1.82) is 0 Å². The predicted octanol–water partition coefficient (Wildman–Crippen LogP) is 5.28. The Kier molecular flexibility index (Phi) is 7.87. The van der Waals surface area contributed by atoms with Crippen LogP contribution >= 0.6 is 0 Å². The number of nitrogens with one attached hydrogen (secondary N) is 2. The summed E-state index contributed by atoms with van der Waals surface area (Å²) in [4.78, 5) is 25.3. The van der Waals surface area contributed by atoms with E-state index in [9.17, 15) is 13.6 Å². The molecular formula is C28H29F2N7O3. The van der Waals surface area contributed by atoms with E-state index in [0.717, 1.165) is 30.8 Å². The summed E-state index contributed by atoms with van der Waals surface area (Å²) in [7, 11) is 3.95. The molecule has 1 saturated heterocycles. The number of alkyl halides is 2. The molecule has 0 bridgehead atoms. The quantitative estimate of drug-likeness (QED) is 0.255. The molecular weight excluding hydrogens is 520 g/mol. The van der Waals surface area contributed by atoms with Gasteiger partial charge in [0, 0.05) is 31.4 Å². The summed E-state index contributed by atoms with van der Waals surface area (Å²) in [5, 5.41) is 10.7. The van der Waals surface area contributed by atoms with E-state index in [-0.39, 0.29) is 23.4 Å². The molecule has 2 N–H and O–H groups in total. The fraction of sp³-hybridized carbons (Fsp3) is 0.286. The van der Waals surface area contributed by atoms with Gasteiger partial charge in [-0.3, -0.25) is 4.79 Å². The third-order valence-corrected chi connectivity index (χ3v) is 6.54. The van der Waals surface area contributed by atoms with Crippen LogP contribution in [-0.4, -0.2) is 65.8 Å². The van der Waals surface area contributed by atoms with Gasteiger partial charge in [-0.15, -0.1) is 0 Å². The highest BCUT2D eigenvalue weighted by Gasteiger charge is 2.29. The molecule has 4 aromatic rings. The van der Waals surface area contributed by atoms with Crippen LogP contribution in [0.3, 0.4) is 0 Å². The minimum Gasteiger partial charge on any atom is -0.433 e.